The van der Waals surface area contributed by atoms with Crippen LogP contribution in [0.15, 0.2) is 30.3 Å². The van der Waals surface area contributed by atoms with E-state index in [0.29, 0.717) is 12.3 Å². The first-order valence-electron chi connectivity index (χ1n) is 5.48. The molecular weight excluding hydrogens is 186 g/mol. The molecule has 0 radical (unpaired) electrons. The molecule has 1 aliphatic rings. The average molecular weight is 203 g/mol. The quantitative estimate of drug-likeness (QED) is 0.815. The first-order valence-corrected chi connectivity index (χ1v) is 5.48. The molecule has 1 aliphatic carbocycles. The molecule has 0 aromatic heterocycles. The lowest BCUT2D eigenvalue weighted by molar-refractivity contribution is -0.124. The third-order valence-electron chi connectivity index (χ3n) is 3.12. The summed E-state index contributed by atoms with van der Waals surface area (Å²) < 4.78 is 0. The Labute approximate surface area is 90.5 Å². The predicted molar refractivity (Wildman–Crippen MR) is 60.3 cm³/mol. The van der Waals surface area contributed by atoms with E-state index in [4.69, 9.17) is 5.73 Å². The highest BCUT2D eigenvalue weighted by Gasteiger charge is 2.34. The second-order valence-corrected chi connectivity index (χ2v) is 4.64. The zero-order valence-corrected chi connectivity index (χ0v) is 9.07. The largest absolute Gasteiger partial charge is 0.315 e. The molecule has 2 nitrogen and oxygen atoms in total. The standard InChI is InChI=1S/C13H17NO/c1-13(14,11-5-3-2-4-6-11)12(15)9-10-7-8-10/h2-6,10H,7-9,14H2,1H3. The van der Waals surface area contributed by atoms with Crippen LogP contribution in [-0.2, 0) is 10.3 Å². The Morgan fingerprint density at radius 3 is 2.53 bits per heavy atom. The molecule has 0 amide bonds. The Hall–Kier alpha value is -1.15. The Kier molecular flexibility index (Phi) is 2.61. The number of benzene rings is 1. The number of Topliss-reactive ketones (excluding diaryl/α,β-unsaturated/α-hetero) is 1. The molecule has 80 valence electrons. The minimum Gasteiger partial charge on any atom is -0.315 e. The molecule has 1 aromatic carbocycles. The monoisotopic (exact) mass is 203 g/mol. The Morgan fingerprint density at radius 2 is 2.00 bits per heavy atom. The second-order valence-electron chi connectivity index (χ2n) is 4.64. The summed E-state index contributed by atoms with van der Waals surface area (Å²) in [5.74, 6) is 0.764. The van der Waals surface area contributed by atoms with Crippen LogP contribution < -0.4 is 5.73 Å². The molecule has 2 heteroatoms. The van der Waals surface area contributed by atoms with Crippen molar-refractivity contribution in [3.63, 3.8) is 0 Å². The van der Waals surface area contributed by atoms with Crippen molar-refractivity contribution in [1.82, 2.24) is 0 Å². The van der Waals surface area contributed by atoms with E-state index >= 15 is 0 Å². The van der Waals surface area contributed by atoms with E-state index in [1.165, 1.54) is 12.8 Å². The fraction of sp³-hybridized carbons (Fsp3) is 0.462. The number of hydrogen-bond donors (Lipinski definition) is 1. The van der Waals surface area contributed by atoms with Crippen LogP contribution in [0.3, 0.4) is 0 Å². The van der Waals surface area contributed by atoms with E-state index in [1.54, 1.807) is 0 Å². The van der Waals surface area contributed by atoms with Crippen molar-refractivity contribution < 1.29 is 4.79 Å². The van der Waals surface area contributed by atoms with Crippen molar-refractivity contribution in [2.75, 3.05) is 0 Å². The van der Waals surface area contributed by atoms with Crippen LogP contribution in [0, 0.1) is 5.92 Å². The number of hydrogen-bond acceptors (Lipinski definition) is 2. The molecule has 0 saturated heterocycles. The Balaban J connectivity index is 2.14. The summed E-state index contributed by atoms with van der Waals surface area (Å²) in [6, 6.07) is 9.62. The average Bonchev–Trinajstić information content (AvgIpc) is 3.03. The van der Waals surface area contributed by atoms with Crippen molar-refractivity contribution in [2.24, 2.45) is 11.7 Å². The maximum Gasteiger partial charge on any atom is 0.157 e. The highest BCUT2D eigenvalue weighted by molar-refractivity contribution is 5.89. The Bertz CT molecular complexity index is 352. The van der Waals surface area contributed by atoms with Gasteiger partial charge in [-0.25, -0.2) is 0 Å². The molecule has 1 saturated carbocycles. The zero-order chi connectivity index (χ0) is 10.9. The van der Waals surface area contributed by atoms with Gasteiger partial charge in [0.25, 0.3) is 0 Å². The van der Waals surface area contributed by atoms with Crippen molar-refractivity contribution in [3.8, 4) is 0 Å². The van der Waals surface area contributed by atoms with Crippen LogP contribution in [0.4, 0.5) is 0 Å². The smallest absolute Gasteiger partial charge is 0.157 e. The van der Waals surface area contributed by atoms with E-state index in [9.17, 15) is 4.79 Å². The van der Waals surface area contributed by atoms with Gasteiger partial charge in [-0.1, -0.05) is 30.3 Å². The van der Waals surface area contributed by atoms with Crippen LogP contribution in [0.5, 0.6) is 0 Å². The lowest BCUT2D eigenvalue weighted by atomic mass is 9.86. The third-order valence-corrected chi connectivity index (χ3v) is 3.12. The summed E-state index contributed by atoms with van der Waals surface area (Å²) in [6.45, 7) is 1.81. The number of carbonyl (C=O) groups is 1. The van der Waals surface area contributed by atoms with Gasteiger partial charge in [0.05, 0.1) is 5.54 Å². The highest BCUT2D eigenvalue weighted by atomic mass is 16.1. The number of nitrogens with two attached hydrogens (primary N) is 1. The van der Waals surface area contributed by atoms with Gasteiger partial charge >= 0.3 is 0 Å². The molecule has 0 bridgehead atoms. The van der Waals surface area contributed by atoms with Crippen LogP contribution in [0.25, 0.3) is 0 Å². The summed E-state index contributed by atoms with van der Waals surface area (Å²) in [4.78, 5) is 12.0. The number of carbonyl (C=O) groups excluding carboxylic acids is 1. The van der Waals surface area contributed by atoms with Gasteiger partial charge in [-0.2, -0.15) is 0 Å². The van der Waals surface area contributed by atoms with Gasteiger partial charge < -0.3 is 5.73 Å². The minimum absolute atomic E-state index is 0.163. The molecule has 2 N–H and O–H groups in total. The van der Waals surface area contributed by atoms with Gasteiger partial charge in [-0.15, -0.1) is 0 Å². The molecule has 1 unspecified atom stereocenters. The number of rotatable bonds is 4. The van der Waals surface area contributed by atoms with Crippen molar-refractivity contribution in [3.05, 3.63) is 35.9 Å². The zero-order valence-electron chi connectivity index (χ0n) is 9.07. The van der Waals surface area contributed by atoms with Gasteiger partial charge in [0.2, 0.25) is 0 Å². The lowest BCUT2D eigenvalue weighted by Gasteiger charge is -2.23. The maximum atomic E-state index is 12.0. The van der Waals surface area contributed by atoms with Crippen LogP contribution in [0.1, 0.15) is 31.7 Å². The van der Waals surface area contributed by atoms with Gasteiger partial charge in [-0.05, 0) is 31.2 Å². The topological polar surface area (TPSA) is 43.1 Å². The van der Waals surface area contributed by atoms with Gasteiger partial charge in [0, 0.05) is 6.42 Å². The second kappa shape index (κ2) is 3.78. The maximum absolute atomic E-state index is 12.0. The third kappa shape index (κ3) is 2.26. The summed E-state index contributed by atoms with van der Waals surface area (Å²) in [6.07, 6.45) is 3.02. The van der Waals surface area contributed by atoms with Gasteiger partial charge in [-0.3, -0.25) is 4.79 Å². The number of ketones is 1. The van der Waals surface area contributed by atoms with Crippen LogP contribution in [0.2, 0.25) is 0 Å². The van der Waals surface area contributed by atoms with E-state index in [-0.39, 0.29) is 5.78 Å². The van der Waals surface area contributed by atoms with Crippen molar-refractivity contribution in [2.45, 2.75) is 31.7 Å². The SMILES string of the molecule is CC(N)(C(=O)CC1CC1)c1ccccc1. The van der Waals surface area contributed by atoms with E-state index in [1.807, 2.05) is 37.3 Å². The molecule has 2 rings (SSSR count). The summed E-state index contributed by atoms with van der Waals surface area (Å²) in [7, 11) is 0. The molecule has 15 heavy (non-hydrogen) atoms. The summed E-state index contributed by atoms with van der Waals surface area (Å²) in [5.41, 5.74) is 6.21. The summed E-state index contributed by atoms with van der Waals surface area (Å²) in [5, 5.41) is 0. The molecule has 1 fully saturated rings. The van der Waals surface area contributed by atoms with Crippen molar-refractivity contribution >= 4 is 5.78 Å². The fourth-order valence-corrected chi connectivity index (χ4v) is 1.74. The fourth-order valence-electron chi connectivity index (χ4n) is 1.74. The lowest BCUT2D eigenvalue weighted by Crippen LogP contribution is -2.41. The minimum atomic E-state index is -0.816. The highest BCUT2D eigenvalue weighted by Crippen LogP contribution is 2.35. The first kappa shape index (κ1) is 10.4. The van der Waals surface area contributed by atoms with E-state index < -0.39 is 5.54 Å². The summed E-state index contributed by atoms with van der Waals surface area (Å²) >= 11 is 0. The molecule has 0 heterocycles. The molecule has 0 spiro atoms. The van der Waals surface area contributed by atoms with Gasteiger partial charge in [0.15, 0.2) is 5.78 Å². The van der Waals surface area contributed by atoms with Crippen LogP contribution in [-0.4, -0.2) is 5.78 Å². The molecule has 1 aromatic rings. The van der Waals surface area contributed by atoms with Gasteiger partial charge in [0.1, 0.15) is 0 Å². The van der Waals surface area contributed by atoms with E-state index in [0.717, 1.165) is 5.56 Å². The van der Waals surface area contributed by atoms with Crippen LogP contribution >= 0.6 is 0 Å². The molecule has 1 atom stereocenters. The predicted octanol–water partition coefficient (Wildman–Crippen LogP) is 2.23. The first-order chi connectivity index (χ1) is 7.10. The van der Waals surface area contributed by atoms with Crippen molar-refractivity contribution in [1.29, 1.82) is 0 Å². The van der Waals surface area contributed by atoms with E-state index in [2.05, 4.69) is 0 Å². The normalized spacial score (nSPS) is 19.6. The Morgan fingerprint density at radius 1 is 1.40 bits per heavy atom. The molecular formula is C13H17NO. The molecule has 0 aliphatic heterocycles.